The second-order valence-electron chi connectivity index (χ2n) is 10.2. The van der Waals surface area contributed by atoms with Crippen LogP contribution in [0.25, 0.3) is 0 Å². The Morgan fingerprint density at radius 2 is 1.31 bits per heavy atom. The van der Waals surface area contributed by atoms with Gasteiger partial charge >= 0.3 is 0 Å². The molecule has 186 valence electrons. The van der Waals surface area contributed by atoms with Crippen LogP contribution in [0.5, 0.6) is 5.75 Å². The van der Waals surface area contributed by atoms with Gasteiger partial charge in [-0.05, 0) is 86.3 Å². The summed E-state index contributed by atoms with van der Waals surface area (Å²) < 4.78 is 6.03. The summed E-state index contributed by atoms with van der Waals surface area (Å²) in [6.07, 6.45) is 1.93. The second kappa shape index (κ2) is 10.7. The Balaban J connectivity index is 2.19. The molecule has 0 spiro atoms. The molecule has 0 radical (unpaired) electrons. The van der Waals surface area contributed by atoms with Crippen molar-refractivity contribution < 1.29 is 4.74 Å². The van der Waals surface area contributed by atoms with E-state index in [0.29, 0.717) is 16.7 Å². The molecular formula is C30H36Cl2N2O. The van der Waals surface area contributed by atoms with Gasteiger partial charge in [0.05, 0.1) is 12.1 Å². The fourth-order valence-corrected chi connectivity index (χ4v) is 4.56. The van der Waals surface area contributed by atoms with E-state index in [0.717, 1.165) is 22.4 Å². The van der Waals surface area contributed by atoms with Crippen molar-refractivity contribution in [2.45, 2.75) is 58.0 Å². The summed E-state index contributed by atoms with van der Waals surface area (Å²) in [6, 6.07) is 22.2. The van der Waals surface area contributed by atoms with E-state index in [9.17, 15) is 0 Å². The third-order valence-corrected chi connectivity index (χ3v) is 7.45. The minimum atomic E-state index is -0.688. The summed E-state index contributed by atoms with van der Waals surface area (Å²) in [5.41, 5.74) is 3.06. The van der Waals surface area contributed by atoms with Crippen LogP contribution in [-0.4, -0.2) is 19.9 Å². The van der Waals surface area contributed by atoms with Crippen molar-refractivity contribution in [2.75, 3.05) is 13.7 Å². The SMILES string of the molecule is CCOc1cc(C(C)(C)C)ccc1/C=N/C(C)(c1ccc(Cl)cc1)C(C)(NC)c1ccc(Cl)cc1. The number of aliphatic imine (C=N–C) groups is 1. The summed E-state index contributed by atoms with van der Waals surface area (Å²) in [7, 11) is 1.96. The zero-order chi connectivity index (χ0) is 25.9. The molecule has 0 saturated carbocycles. The van der Waals surface area contributed by atoms with Crippen molar-refractivity contribution >= 4 is 29.4 Å². The predicted octanol–water partition coefficient (Wildman–Crippen LogP) is 8.16. The standard InChI is InChI=1S/C30H36Cl2N2O/c1-8-35-27-19-24(28(2,3)4)10-9-21(27)20-34-30(6,23-13-17-26(32)18-14-23)29(5,33-7)22-11-15-25(31)16-12-22/h9-20,33H,8H2,1-7H3/b34-20+. The quantitative estimate of drug-likeness (QED) is 0.310. The van der Waals surface area contributed by atoms with E-state index in [2.05, 4.69) is 58.1 Å². The normalized spacial score (nSPS) is 15.6. The molecule has 0 saturated heterocycles. The molecule has 3 aromatic carbocycles. The lowest BCUT2D eigenvalue weighted by Crippen LogP contribution is -2.52. The number of halogens is 2. The van der Waals surface area contributed by atoms with Gasteiger partial charge in [0.1, 0.15) is 11.3 Å². The number of hydrogen-bond acceptors (Lipinski definition) is 3. The van der Waals surface area contributed by atoms with Crippen molar-refractivity contribution in [1.82, 2.24) is 5.32 Å². The van der Waals surface area contributed by atoms with Gasteiger partial charge in [0.25, 0.3) is 0 Å². The van der Waals surface area contributed by atoms with Crippen LogP contribution < -0.4 is 10.1 Å². The minimum absolute atomic E-state index is 0.0264. The number of hydrogen-bond donors (Lipinski definition) is 1. The number of nitrogens with one attached hydrogen (secondary N) is 1. The van der Waals surface area contributed by atoms with Gasteiger partial charge in [-0.25, -0.2) is 0 Å². The Bertz CT molecular complexity index is 1170. The van der Waals surface area contributed by atoms with Crippen LogP contribution in [-0.2, 0) is 16.5 Å². The zero-order valence-corrected chi connectivity index (χ0v) is 23.3. The van der Waals surface area contributed by atoms with Crippen LogP contribution in [0.4, 0.5) is 0 Å². The first-order valence-electron chi connectivity index (χ1n) is 12.0. The molecule has 1 N–H and O–H groups in total. The summed E-state index contributed by atoms with van der Waals surface area (Å²) in [5.74, 6) is 0.833. The average molecular weight is 512 g/mol. The van der Waals surface area contributed by atoms with E-state index in [4.69, 9.17) is 32.9 Å². The predicted molar refractivity (Wildman–Crippen MR) is 151 cm³/mol. The highest BCUT2D eigenvalue weighted by atomic mass is 35.5. The molecule has 3 aromatic rings. The Morgan fingerprint density at radius 1 is 0.800 bits per heavy atom. The molecular weight excluding hydrogens is 475 g/mol. The first kappa shape index (κ1) is 27.3. The molecule has 0 fully saturated rings. The van der Waals surface area contributed by atoms with Gasteiger partial charge in [-0.1, -0.05) is 74.3 Å². The Labute approximate surface area is 220 Å². The van der Waals surface area contributed by atoms with Crippen LogP contribution in [0.2, 0.25) is 10.0 Å². The molecule has 2 unspecified atom stereocenters. The van der Waals surface area contributed by atoms with Gasteiger partial charge < -0.3 is 10.1 Å². The molecule has 0 aliphatic rings. The summed E-state index contributed by atoms with van der Waals surface area (Å²) in [4.78, 5) is 5.26. The highest BCUT2D eigenvalue weighted by molar-refractivity contribution is 6.30. The van der Waals surface area contributed by atoms with Crippen LogP contribution in [0.15, 0.2) is 71.7 Å². The van der Waals surface area contributed by atoms with Gasteiger partial charge in [0, 0.05) is 21.8 Å². The minimum Gasteiger partial charge on any atom is -0.493 e. The first-order valence-corrected chi connectivity index (χ1v) is 12.7. The topological polar surface area (TPSA) is 33.6 Å². The van der Waals surface area contributed by atoms with Crippen molar-refractivity contribution in [1.29, 1.82) is 0 Å². The number of likely N-dealkylation sites (N-methyl/N-ethyl adjacent to an activating group) is 1. The van der Waals surface area contributed by atoms with Crippen LogP contribution in [0, 0.1) is 0 Å². The summed E-state index contributed by atoms with van der Waals surface area (Å²) >= 11 is 12.4. The molecule has 3 rings (SSSR count). The highest BCUT2D eigenvalue weighted by Gasteiger charge is 2.46. The van der Waals surface area contributed by atoms with E-state index < -0.39 is 11.1 Å². The Hall–Kier alpha value is -2.33. The summed E-state index contributed by atoms with van der Waals surface area (Å²) in [6.45, 7) is 13.5. The van der Waals surface area contributed by atoms with Gasteiger partial charge in [-0.15, -0.1) is 0 Å². The number of rotatable bonds is 8. The molecule has 0 amide bonds. The highest BCUT2D eigenvalue weighted by Crippen LogP contribution is 2.44. The van der Waals surface area contributed by atoms with Gasteiger partial charge in [0.2, 0.25) is 0 Å². The first-order chi connectivity index (χ1) is 16.4. The Kier molecular flexibility index (Phi) is 8.36. The lowest BCUT2D eigenvalue weighted by atomic mass is 9.70. The van der Waals surface area contributed by atoms with Crippen molar-refractivity contribution in [2.24, 2.45) is 4.99 Å². The third kappa shape index (κ3) is 5.74. The maximum atomic E-state index is 6.24. The molecule has 2 atom stereocenters. The van der Waals surface area contributed by atoms with Crippen LogP contribution >= 0.6 is 23.2 Å². The molecule has 0 bridgehead atoms. The zero-order valence-electron chi connectivity index (χ0n) is 21.7. The van der Waals surface area contributed by atoms with Crippen molar-refractivity contribution in [3.8, 4) is 5.75 Å². The lowest BCUT2D eigenvalue weighted by molar-refractivity contribution is 0.222. The van der Waals surface area contributed by atoms with E-state index in [1.807, 2.05) is 68.7 Å². The molecule has 0 aromatic heterocycles. The van der Waals surface area contributed by atoms with Gasteiger partial charge in [0.15, 0.2) is 0 Å². The fraction of sp³-hybridized carbons (Fsp3) is 0.367. The monoisotopic (exact) mass is 510 g/mol. The van der Waals surface area contributed by atoms with E-state index >= 15 is 0 Å². The van der Waals surface area contributed by atoms with Crippen molar-refractivity contribution in [3.63, 3.8) is 0 Å². The van der Waals surface area contributed by atoms with Crippen molar-refractivity contribution in [3.05, 3.63) is 99.0 Å². The maximum absolute atomic E-state index is 6.24. The molecule has 0 heterocycles. The molecule has 5 heteroatoms. The number of nitrogens with zero attached hydrogens (tertiary/aromatic N) is 1. The molecule has 3 nitrogen and oxygen atoms in total. The average Bonchev–Trinajstić information content (AvgIpc) is 2.83. The van der Waals surface area contributed by atoms with E-state index in [-0.39, 0.29) is 5.41 Å². The second-order valence-corrected chi connectivity index (χ2v) is 11.0. The number of ether oxygens (including phenoxy) is 1. The molecule has 35 heavy (non-hydrogen) atoms. The third-order valence-electron chi connectivity index (χ3n) is 6.94. The van der Waals surface area contributed by atoms with E-state index in [1.54, 1.807) is 0 Å². The lowest BCUT2D eigenvalue weighted by Gasteiger charge is -2.45. The summed E-state index contributed by atoms with van der Waals surface area (Å²) in [5, 5.41) is 4.94. The smallest absolute Gasteiger partial charge is 0.128 e. The molecule has 0 aliphatic heterocycles. The van der Waals surface area contributed by atoms with Gasteiger partial charge in [-0.3, -0.25) is 4.99 Å². The fourth-order valence-electron chi connectivity index (χ4n) is 4.31. The van der Waals surface area contributed by atoms with Crippen LogP contribution in [0.3, 0.4) is 0 Å². The van der Waals surface area contributed by atoms with E-state index in [1.165, 1.54) is 5.56 Å². The maximum Gasteiger partial charge on any atom is 0.128 e. The van der Waals surface area contributed by atoms with Crippen LogP contribution in [0.1, 0.15) is 63.8 Å². The van der Waals surface area contributed by atoms with Gasteiger partial charge in [-0.2, -0.15) is 0 Å². The number of benzene rings is 3. The molecule has 0 aliphatic carbocycles. The Morgan fingerprint density at radius 3 is 1.80 bits per heavy atom. The largest absolute Gasteiger partial charge is 0.493 e.